The van der Waals surface area contributed by atoms with Crippen molar-refractivity contribution in [2.24, 2.45) is 0 Å². The number of carbonyl (C=O) groups is 1. The third-order valence-corrected chi connectivity index (χ3v) is 6.69. The Bertz CT molecular complexity index is 1770. The Hall–Kier alpha value is -4.48. The van der Waals surface area contributed by atoms with E-state index in [1.165, 1.54) is 6.07 Å². The van der Waals surface area contributed by atoms with Gasteiger partial charge in [0.05, 0.1) is 34.3 Å². The predicted molar refractivity (Wildman–Crippen MR) is 143 cm³/mol. The van der Waals surface area contributed by atoms with Crippen molar-refractivity contribution in [1.29, 1.82) is 0 Å². The summed E-state index contributed by atoms with van der Waals surface area (Å²) in [5.74, 6) is 0.466. The number of imidazole rings is 1. The fourth-order valence-electron chi connectivity index (χ4n) is 4.20. The zero-order valence-corrected chi connectivity index (χ0v) is 20.7. The lowest BCUT2D eigenvalue weighted by Gasteiger charge is -2.11. The van der Waals surface area contributed by atoms with Gasteiger partial charge in [-0.2, -0.15) is 9.49 Å². The molecule has 0 unspecified atom stereocenters. The lowest BCUT2D eigenvalue weighted by Crippen LogP contribution is -2.27. The van der Waals surface area contributed by atoms with E-state index in [1.807, 2.05) is 44.4 Å². The molecule has 37 heavy (non-hydrogen) atoms. The maximum absolute atomic E-state index is 13.7. The summed E-state index contributed by atoms with van der Waals surface area (Å²) in [5.41, 5.74) is 5.95. The van der Waals surface area contributed by atoms with E-state index in [9.17, 15) is 9.18 Å². The summed E-state index contributed by atoms with van der Waals surface area (Å²) in [7, 11) is 3.68. The number of rotatable bonds is 6. The fraction of sp³-hybridized carbons (Fsp3) is 0.115. The van der Waals surface area contributed by atoms with Crippen molar-refractivity contribution < 1.29 is 9.18 Å². The van der Waals surface area contributed by atoms with Crippen molar-refractivity contribution in [1.82, 2.24) is 35.0 Å². The molecule has 0 bridgehead atoms. The summed E-state index contributed by atoms with van der Waals surface area (Å²) >= 11 is 1.03. The molecule has 0 saturated carbocycles. The summed E-state index contributed by atoms with van der Waals surface area (Å²) in [6.07, 6.45) is 5.05. The average Bonchev–Trinajstić information content (AvgIpc) is 3.60. The molecule has 3 N–H and O–H groups in total. The standard InChI is InChI=1S/C26H21FN8OS/c1-35(2)13-22(36)30-16-9-15(11-28-12-16)14-3-4-18-17(10-14)23(34-33-18)26-31-19-7-8-29-25(24(19)32-26)20-5-6-21(27)37-20/h3-12H,13H2,1-2H3,(H,30,36)(H,31,32)(H,33,34). The summed E-state index contributed by atoms with van der Waals surface area (Å²) in [6.45, 7) is 0.282. The van der Waals surface area contributed by atoms with Crippen molar-refractivity contribution >= 4 is 44.9 Å². The topological polar surface area (TPSA) is 115 Å². The van der Waals surface area contributed by atoms with Gasteiger partial charge in [-0.3, -0.25) is 19.9 Å². The molecule has 0 aliphatic heterocycles. The highest BCUT2D eigenvalue weighted by Crippen LogP contribution is 2.34. The Morgan fingerprint density at radius 3 is 2.76 bits per heavy atom. The minimum Gasteiger partial charge on any atom is -0.336 e. The number of hydrogen-bond acceptors (Lipinski definition) is 7. The maximum Gasteiger partial charge on any atom is 0.238 e. The molecule has 1 amide bonds. The molecule has 0 radical (unpaired) electrons. The van der Waals surface area contributed by atoms with E-state index in [-0.39, 0.29) is 17.6 Å². The van der Waals surface area contributed by atoms with Gasteiger partial charge in [0.1, 0.15) is 16.9 Å². The minimum absolute atomic E-state index is 0.111. The van der Waals surface area contributed by atoms with Crippen LogP contribution >= 0.6 is 11.3 Å². The van der Waals surface area contributed by atoms with E-state index in [1.54, 1.807) is 29.6 Å². The van der Waals surface area contributed by atoms with Gasteiger partial charge in [0.25, 0.3) is 0 Å². The van der Waals surface area contributed by atoms with Gasteiger partial charge in [0.15, 0.2) is 11.0 Å². The molecule has 0 fully saturated rings. The third kappa shape index (κ3) is 4.46. The molecule has 0 atom stereocenters. The molecule has 9 nitrogen and oxygen atoms in total. The highest BCUT2D eigenvalue weighted by Gasteiger charge is 2.17. The van der Waals surface area contributed by atoms with Gasteiger partial charge in [-0.05, 0) is 56.1 Å². The summed E-state index contributed by atoms with van der Waals surface area (Å²) in [6, 6.07) is 12.8. The van der Waals surface area contributed by atoms with E-state index in [0.717, 1.165) is 38.9 Å². The number of nitrogens with zero attached hydrogens (tertiary/aromatic N) is 5. The van der Waals surface area contributed by atoms with Crippen LogP contribution in [0.4, 0.5) is 10.1 Å². The molecular weight excluding hydrogens is 491 g/mol. The first kappa shape index (κ1) is 23.0. The van der Waals surface area contributed by atoms with Gasteiger partial charge in [0.2, 0.25) is 5.91 Å². The van der Waals surface area contributed by atoms with Crippen LogP contribution in [0.15, 0.2) is 61.1 Å². The Morgan fingerprint density at radius 1 is 1.05 bits per heavy atom. The number of benzene rings is 1. The molecule has 0 aliphatic carbocycles. The number of amides is 1. The number of H-pyrrole nitrogens is 2. The van der Waals surface area contributed by atoms with E-state index in [4.69, 9.17) is 4.98 Å². The van der Waals surface area contributed by atoms with Crippen molar-refractivity contribution in [3.8, 4) is 33.2 Å². The van der Waals surface area contributed by atoms with E-state index >= 15 is 0 Å². The molecule has 5 aromatic heterocycles. The van der Waals surface area contributed by atoms with Crippen LogP contribution < -0.4 is 5.32 Å². The van der Waals surface area contributed by atoms with Crippen molar-refractivity contribution in [3.63, 3.8) is 0 Å². The lowest BCUT2D eigenvalue weighted by molar-refractivity contribution is -0.116. The monoisotopic (exact) mass is 512 g/mol. The number of halogens is 1. The zero-order chi connectivity index (χ0) is 25.5. The average molecular weight is 513 g/mol. The van der Waals surface area contributed by atoms with Crippen molar-refractivity contribution in [2.75, 3.05) is 26.0 Å². The number of nitrogens with one attached hydrogen (secondary N) is 3. The number of aromatic amines is 2. The lowest BCUT2D eigenvalue weighted by atomic mass is 10.0. The SMILES string of the molecule is CN(C)CC(=O)Nc1cncc(-c2ccc3[nH]nc(-c4nc5c(-c6ccc(F)s6)nccc5[nH]4)c3c2)c1. The molecule has 5 heterocycles. The molecule has 1 aromatic carbocycles. The number of pyridine rings is 2. The minimum atomic E-state index is -0.272. The smallest absolute Gasteiger partial charge is 0.238 e. The molecule has 0 spiro atoms. The first-order chi connectivity index (χ1) is 17.9. The van der Waals surface area contributed by atoms with Crippen LogP contribution in [0.2, 0.25) is 0 Å². The number of fused-ring (bicyclic) bond motifs is 2. The number of hydrogen-bond donors (Lipinski definition) is 3. The van der Waals surface area contributed by atoms with E-state index in [2.05, 4.69) is 30.5 Å². The van der Waals surface area contributed by atoms with Gasteiger partial charge < -0.3 is 15.2 Å². The van der Waals surface area contributed by atoms with Gasteiger partial charge in [-0.1, -0.05) is 6.07 Å². The summed E-state index contributed by atoms with van der Waals surface area (Å²) < 4.78 is 13.7. The van der Waals surface area contributed by atoms with E-state index < -0.39 is 0 Å². The molecule has 0 aliphatic rings. The van der Waals surface area contributed by atoms with Gasteiger partial charge in [0, 0.05) is 23.3 Å². The molecule has 6 rings (SSSR count). The highest BCUT2D eigenvalue weighted by atomic mass is 32.1. The Kier molecular flexibility index (Phi) is 5.70. The second kappa shape index (κ2) is 9.19. The number of aromatic nitrogens is 6. The van der Waals surface area contributed by atoms with Crippen LogP contribution in [0.5, 0.6) is 0 Å². The molecular formula is C26H21FN8OS. The quantitative estimate of drug-likeness (QED) is 0.291. The van der Waals surface area contributed by atoms with E-state index in [0.29, 0.717) is 33.3 Å². The number of likely N-dealkylation sites (N-methyl/N-ethyl adjacent to an activating group) is 1. The molecule has 0 saturated heterocycles. The second-order valence-electron chi connectivity index (χ2n) is 8.83. The number of carbonyl (C=O) groups excluding carboxylic acids is 1. The van der Waals surface area contributed by atoms with Crippen LogP contribution in [0.25, 0.3) is 55.2 Å². The van der Waals surface area contributed by atoms with Gasteiger partial charge in [-0.25, -0.2) is 4.98 Å². The third-order valence-electron chi connectivity index (χ3n) is 5.81. The predicted octanol–water partition coefficient (Wildman–Crippen LogP) is 4.93. The zero-order valence-electron chi connectivity index (χ0n) is 19.9. The molecule has 6 aromatic rings. The number of thiophene rings is 1. The first-order valence-electron chi connectivity index (χ1n) is 11.4. The van der Waals surface area contributed by atoms with Crippen LogP contribution in [0.3, 0.4) is 0 Å². The van der Waals surface area contributed by atoms with Gasteiger partial charge in [-0.15, -0.1) is 11.3 Å². The van der Waals surface area contributed by atoms with Gasteiger partial charge >= 0.3 is 0 Å². The Morgan fingerprint density at radius 2 is 1.95 bits per heavy atom. The highest BCUT2D eigenvalue weighted by molar-refractivity contribution is 7.13. The van der Waals surface area contributed by atoms with Crippen LogP contribution in [-0.2, 0) is 4.79 Å². The Labute approximate surface area is 214 Å². The largest absolute Gasteiger partial charge is 0.336 e. The number of anilines is 1. The summed E-state index contributed by atoms with van der Waals surface area (Å²) in [5, 5.41) is 11.1. The van der Waals surface area contributed by atoms with Crippen LogP contribution in [-0.4, -0.2) is 61.6 Å². The molecule has 11 heteroatoms. The van der Waals surface area contributed by atoms with Crippen LogP contribution in [0, 0.1) is 5.13 Å². The normalized spacial score (nSPS) is 11.6. The fourth-order valence-corrected chi connectivity index (χ4v) is 4.93. The molecule has 184 valence electrons. The second-order valence-corrected chi connectivity index (χ2v) is 9.86. The Balaban J connectivity index is 1.38. The maximum atomic E-state index is 13.7. The van der Waals surface area contributed by atoms with Crippen LogP contribution in [0.1, 0.15) is 0 Å². The summed E-state index contributed by atoms with van der Waals surface area (Å²) in [4.78, 5) is 31.5. The first-order valence-corrected chi connectivity index (χ1v) is 12.3. The van der Waals surface area contributed by atoms with Crippen molar-refractivity contribution in [3.05, 3.63) is 66.2 Å². The van der Waals surface area contributed by atoms with Crippen molar-refractivity contribution in [2.45, 2.75) is 0 Å².